The average Bonchev–Trinajstić information content (AvgIpc) is 3.29. The van der Waals surface area contributed by atoms with Crippen molar-refractivity contribution in [2.24, 2.45) is 0 Å². The molecule has 172 valence electrons. The van der Waals surface area contributed by atoms with Crippen molar-refractivity contribution in [3.05, 3.63) is 100 Å². The molecular formula is C27H21N5O2S. The van der Waals surface area contributed by atoms with Crippen molar-refractivity contribution in [2.45, 2.75) is 24.3 Å². The molecule has 1 atom stereocenters. The number of nitrogens with one attached hydrogen (secondary N) is 1. The topological polar surface area (TPSA) is 108 Å². The summed E-state index contributed by atoms with van der Waals surface area (Å²) in [5.41, 5.74) is 3.53. The van der Waals surface area contributed by atoms with Gasteiger partial charge in [-0.2, -0.15) is 5.26 Å². The van der Waals surface area contributed by atoms with Crippen molar-refractivity contribution < 1.29 is 5.11 Å². The number of aromatic nitrogens is 4. The molecule has 0 fully saturated rings. The number of nitrogens with zero attached hydrogens (tertiary/aromatic N) is 4. The van der Waals surface area contributed by atoms with Crippen LogP contribution in [0.5, 0.6) is 0 Å². The van der Waals surface area contributed by atoms with Gasteiger partial charge in [-0.15, -0.1) is 0 Å². The second-order valence-corrected chi connectivity index (χ2v) is 9.38. The molecule has 2 aromatic heterocycles. The standard InChI is InChI=1S/C27H21N5O2S/c1-16-9-3-8-14-23(16)32-26(34)18-10-4-5-11-20(18)31-27(32)35-17(2)24(33)19(15-28)25-29-21-12-6-7-13-22(21)30-25/h3-14,17,33H,1-2H3,(H,29,30)/b24-19-. The molecule has 0 bridgehead atoms. The molecule has 35 heavy (non-hydrogen) atoms. The fraction of sp³-hybridized carbons (Fsp3) is 0.111. The molecule has 0 saturated heterocycles. The third-order valence-corrected chi connectivity index (χ3v) is 6.82. The molecule has 7 nitrogen and oxygen atoms in total. The largest absolute Gasteiger partial charge is 0.510 e. The van der Waals surface area contributed by atoms with E-state index in [-0.39, 0.29) is 16.9 Å². The van der Waals surface area contributed by atoms with Gasteiger partial charge in [-0.3, -0.25) is 9.36 Å². The van der Waals surface area contributed by atoms with Crippen molar-refractivity contribution in [1.82, 2.24) is 19.5 Å². The Morgan fingerprint density at radius 1 is 1.03 bits per heavy atom. The Morgan fingerprint density at radius 3 is 2.46 bits per heavy atom. The lowest BCUT2D eigenvalue weighted by Gasteiger charge is -2.18. The van der Waals surface area contributed by atoms with Crippen LogP contribution in [0.4, 0.5) is 0 Å². The first kappa shape index (κ1) is 22.4. The second-order valence-electron chi connectivity index (χ2n) is 8.07. The lowest BCUT2D eigenvalue weighted by atomic mass is 10.2. The summed E-state index contributed by atoms with van der Waals surface area (Å²) in [6, 6.07) is 24.3. The summed E-state index contributed by atoms with van der Waals surface area (Å²) in [6.07, 6.45) is 0. The van der Waals surface area contributed by atoms with Crippen LogP contribution in [0.2, 0.25) is 0 Å². The summed E-state index contributed by atoms with van der Waals surface area (Å²) < 4.78 is 1.57. The molecule has 5 aromatic rings. The normalized spacial score (nSPS) is 12.9. The lowest BCUT2D eigenvalue weighted by Crippen LogP contribution is -2.23. The molecular weight excluding hydrogens is 458 g/mol. The van der Waals surface area contributed by atoms with Gasteiger partial charge in [0.1, 0.15) is 17.4 Å². The Balaban J connectivity index is 1.63. The number of aliphatic hydroxyl groups excluding tert-OH is 1. The summed E-state index contributed by atoms with van der Waals surface area (Å²) in [5.74, 6) is 0.150. The number of rotatable bonds is 5. The van der Waals surface area contributed by atoms with E-state index in [9.17, 15) is 15.2 Å². The molecule has 0 spiro atoms. The summed E-state index contributed by atoms with van der Waals surface area (Å²) in [6.45, 7) is 3.70. The van der Waals surface area contributed by atoms with Gasteiger partial charge in [-0.1, -0.05) is 54.2 Å². The van der Waals surface area contributed by atoms with E-state index in [1.54, 1.807) is 23.6 Å². The minimum Gasteiger partial charge on any atom is -0.510 e. The van der Waals surface area contributed by atoms with Crippen LogP contribution < -0.4 is 5.56 Å². The van der Waals surface area contributed by atoms with Crippen LogP contribution in [0.15, 0.2) is 88.5 Å². The smallest absolute Gasteiger partial charge is 0.266 e. The molecule has 5 rings (SSSR count). The quantitative estimate of drug-likeness (QED) is 0.148. The first-order valence-corrected chi connectivity index (χ1v) is 11.9. The van der Waals surface area contributed by atoms with E-state index in [0.717, 1.165) is 11.1 Å². The number of para-hydroxylation sites is 4. The van der Waals surface area contributed by atoms with Crippen molar-refractivity contribution >= 4 is 39.3 Å². The van der Waals surface area contributed by atoms with Crippen LogP contribution in [0.3, 0.4) is 0 Å². The highest BCUT2D eigenvalue weighted by Gasteiger charge is 2.23. The number of thioether (sulfide) groups is 1. The van der Waals surface area contributed by atoms with E-state index >= 15 is 0 Å². The van der Waals surface area contributed by atoms with Gasteiger partial charge in [0.05, 0.1) is 32.9 Å². The number of H-pyrrole nitrogens is 1. The highest BCUT2D eigenvalue weighted by atomic mass is 32.2. The van der Waals surface area contributed by atoms with Crippen molar-refractivity contribution in [1.29, 1.82) is 5.26 Å². The maximum absolute atomic E-state index is 13.5. The molecule has 0 aliphatic carbocycles. The van der Waals surface area contributed by atoms with E-state index in [1.165, 1.54) is 11.8 Å². The molecule has 8 heteroatoms. The van der Waals surface area contributed by atoms with E-state index < -0.39 is 5.25 Å². The number of hydrogen-bond donors (Lipinski definition) is 2. The zero-order valence-corrected chi connectivity index (χ0v) is 19.9. The van der Waals surface area contributed by atoms with Crippen LogP contribution in [-0.2, 0) is 0 Å². The van der Waals surface area contributed by atoms with Gasteiger partial charge in [-0.05, 0) is 49.7 Å². The van der Waals surface area contributed by atoms with Crippen LogP contribution >= 0.6 is 11.8 Å². The third kappa shape index (κ3) is 4.07. The molecule has 0 radical (unpaired) electrons. The van der Waals surface area contributed by atoms with Gasteiger partial charge in [0, 0.05) is 0 Å². The summed E-state index contributed by atoms with van der Waals surface area (Å²) >= 11 is 1.21. The van der Waals surface area contributed by atoms with Crippen molar-refractivity contribution in [3.63, 3.8) is 0 Å². The predicted molar refractivity (Wildman–Crippen MR) is 139 cm³/mol. The molecule has 2 heterocycles. The van der Waals surface area contributed by atoms with Gasteiger partial charge in [-0.25, -0.2) is 9.97 Å². The van der Waals surface area contributed by atoms with Gasteiger partial charge in [0.15, 0.2) is 11.0 Å². The average molecular weight is 480 g/mol. The van der Waals surface area contributed by atoms with E-state index in [4.69, 9.17) is 4.98 Å². The first-order chi connectivity index (χ1) is 17.0. The number of aryl methyl sites for hydroxylation is 1. The second kappa shape index (κ2) is 9.12. The molecule has 0 aliphatic heterocycles. The number of aliphatic hydroxyl groups is 1. The summed E-state index contributed by atoms with van der Waals surface area (Å²) in [5, 5.41) is 21.3. The zero-order chi connectivity index (χ0) is 24.5. The number of fused-ring (bicyclic) bond motifs is 2. The minimum absolute atomic E-state index is 0.0479. The van der Waals surface area contributed by atoms with Crippen molar-refractivity contribution in [3.8, 4) is 11.8 Å². The highest BCUT2D eigenvalue weighted by Crippen LogP contribution is 2.31. The van der Waals surface area contributed by atoms with Crippen LogP contribution in [-0.4, -0.2) is 29.9 Å². The Labute approximate surface area is 205 Å². The molecule has 3 aromatic carbocycles. The predicted octanol–water partition coefficient (Wildman–Crippen LogP) is 5.54. The number of hydrogen-bond acceptors (Lipinski definition) is 6. The van der Waals surface area contributed by atoms with E-state index in [2.05, 4.69) is 16.0 Å². The fourth-order valence-corrected chi connectivity index (χ4v) is 4.92. The summed E-state index contributed by atoms with van der Waals surface area (Å²) in [4.78, 5) is 25.8. The van der Waals surface area contributed by atoms with E-state index in [0.29, 0.717) is 33.1 Å². The Kier molecular flexibility index (Phi) is 5.85. The molecule has 0 aliphatic rings. The summed E-state index contributed by atoms with van der Waals surface area (Å²) in [7, 11) is 0. The first-order valence-electron chi connectivity index (χ1n) is 11.0. The maximum atomic E-state index is 13.5. The van der Waals surface area contributed by atoms with Gasteiger partial charge >= 0.3 is 0 Å². The molecule has 0 amide bonds. The Bertz CT molecular complexity index is 1680. The Hall–Kier alpha value is -4.35. The van der Waals surface area contributed by atoms with Crippen LogP contribution in [0.1, 0.15) is 18.3 Å². The van der Waals surface area contributed by atoms with Crippen LogP contribution in [0.25, 0.3) is 33.2 Å². The SMILES string of the molecule is Cc1ccccc1-n1c(SC(C)/C(O)=C(\C#N)c2nc3ccccc3[nH]2)nc2ccccc2c1=O. The van der Waals surface area contributed by atoms with Gasteiger partial charge in [0.25, 0.3) is 5.56 Å². The zero-order valence-electron chi connectivity index (χ0n) is 19.1. The lowest BCUT2D eigenvalue weighted by molar-refractivity contribution is 0.401. The number of imidazole rings is 1. The number of nitriles is 1. The fourth-order valence-electron chi connectivity index (χ4n) is 3.94. The highest BCUT2D eigenvalue weighted by molar-refractivity contribution is 8.00. The molecule has 1 unspecified atom stereocenters. The number of benzene rings is 3. The minimum atomic E-state index is -0.582. The molecule has 0 saturated carbocycles. The van der Waals surface area contributed by atoms with E-state index in [1.807, 2.05) is 67.6 Å². The van der Waals surface area contributed by atoms with Gasteiger partial charge < -0.3 is 10.1 Å². The maximum Gasteiger partial charge on any atom is 0.266 e. The number of allylic oxidation sites excluding steroid dienone is 1. The Morgan fingerprint density at radius 2 is 1.71 bits per heavy atom. The molecule has 2 N–H and O–H groups in total. The number of aromatic amines is 1. The van der Waals surface area contributed by atoms with Gasteiger partial charge in [0.2, 0.25) is 0 Å². The van der Waals surface area contributed by atoms with Crippen LogP contribution in [0, 0.1) is 18.3 Å². The van der Waals surface area contributed by atoms with Crippen molar-refractivity contribution in [2.75, 3.05) is 0 Å². The third-order valence-electron chi connectivity index (χ3n) is 5.76. The monoisotopic (exact) mass is 479 g/mol.